The van der Waals surface area contributed by atoms with Crippen LogP contribution in [0.4, 0.5) is 0 Å². The molecule has 2 aliphatic rings. The first-order valence-electron chi connectivity index (χ1n) is 8.66. The van der Waals surface area contributed by atoms with Gasteiger partial charge >= 0.3 is 5.97 Å². The molecule has 0 aliphatic carbocycles. The van der Waals surface area contributed by atoms with Crippen LogP contribution in [0.2, 0.25) is 0 Å². The SMILES string of the molecule is CCN1C(=O)[C@H]2[C@@H](C1=O)[C@@](CC)(C(=O)OC)N[C@H]2c1ccc(C#N)cc1. The van der Waals surface area contributed by atoms with Gasteiger partial charge in [-0.1, -0.05) is 19.1 Å². The molecule has 2 heterocycles. The molecule has 0 radical (unpaired) electrons. The van der Waals surface area contributed by atoms with Crippen molar-refractivity contribution in [2.24, 2.45) is 11.8 Å². The summed E-state index contributed by atoms with van der Waals surface area (Å²) in [6, 6.07) is 8.38. The van der Waals surface area contributed by atoms with Gasteiger partial charge in [-0.25, -0.2) is 0 Å². The van der Waals surface area contributed by atoms with Crippen LogP contribution in [0.25, 0.3) is 0 Å². The van der Waals surface area contributed by atoms with E-state index in [9.17, 15) is 14.4 Å². The first kappa shape index (κ1) is 18.1. The molecule has 136 valence electrons. The number of carbonyl (C=O) groups is 3. The summed E-state index contributed by atoms with van der Waals surface area (Å²) in [6.45, 7) is 3.81. The zero-order chi connectivity index (χ0) is 19.1. The Bertz CT molecular complexity index is 798. The Morgan fingerprint density at radius 2 is 1.92 bits per heavy atom. The maximum atomic E-state index is 12.9. The quantitative estimate of drug-likeness (QED) is 0.642. The molecular weight excluding hydrogens is 334 g/mol. The van der Waals surface area contributed by atoms with Crippen LogP contribution in [0.3, 0.4) is 0 Å². The molecule has 26 heavy (non-hydrogen) atoms. The lowest BCUT2D eigenvalue weighted by molar-refractivity contribution is -0.154. The highest BCUT2D eigenvalue weighted by Gasteiger charge is 2.67. The Kier molecular flexibility index (Phi) is 4.55. The second-order valence-electron chi connectivity index (χ2n) is 6.60. The Hall–Kier alpha value is -2.72. The van der Waals surface area contributed by atoms with Gasteiger partial charge in [0.05, 0.1) is 30.6 Å². The molecule has 7 nitrogen and oxygen atoms in total. The third-order valence-corrected chi connectivity index (χ3v) is 5.57. The number of fused-ring (bicyclic) bond motifs is 1. The number of amides is 2. The van der Waals surface area contributed by atoms with Crippen molar-refractivity contribution in [2.45, 2.75) is 31.8 Å². The maximum absolute atomic E-state index is 12.9. The van der Waals surface area contributed by atoms with Gasteiger partial charge in [-0.2, -0.15) is 5.26 Å². The zero-order valence-electron chi connectivity index (χ0n) is 15.0. The van der Waals surface area contributed by atoms with E-state index in [0.29, 0.717) is 12.0 Å². The fraction of sp³-hybridized carbons (Fsp3) is 0.474. The van der Waals surface area contributed by atoms with Gasteiger partial charge in [-0.05, 0) is 31.0 Å². The summed E-state index contributed by atoms with van der Waals surface area (Å²) < 4.78 is 4.98. The van der Waals surface area contributed by atoms with E-state index in [1.165, 1.54) is 12.0 Å². The molecule has 1 aromatic carbocycles. The fourth-order valence-electron chi connectivity index (χ4n) is 4.26. The molecule has 2 saturated heterocycles. The van der Waals surface area contributed by atoms with Crippen LogP contribution in [0, 0.1) is 23.2 Å². The zero-order valence-corrected chi connectivity index (χ0v) is 15.0. The highest BCUT2D eigenvalue weighted by molar-refractivity contribution is 6.09. The number of likely N-dealkylation sites (tertiary alicyclic amines) is 1. The monoisotopic (exact) mass is 355 g/mol. The lowest BCUT2D eigenvalue weighted by atomic mass is 9.78. The van der Waals surface area contributed by atoms with Crippen LogP contribution >= 0.6 is 0 Å². The molecule has 2 amide bonds. The normalized spacial score (nSPS) is 30.2. The Labute approximate surface area is 151 Å². The number of nitrogens with zero attached hydrogens (tertiary/aromatic N) is 2. The molecule has 0 saturated carbocycles. The molecule has 2 fully saturated rings. The third kappa shape index (κ3) is 2.33. The van der Waals surface area contributed by atoms with E-state index in [0.717, 1.165) is 5.56 Å². The molecule has 7 heteroatoms. The van der Waals surface area contributed by atoms with Crippen molar-refractivity contribution in [3.8, 4) is 6.07 Å². The highest BCUT2D eigenvalue weighted by atomic mass is 16.5. The van der Waals surface area contributed by atoms with Gasteiger partial charge in [0.2, 0.25) is 11.8 Å². The number of esters is 1. The number of benzene rings is 1. The number of nitrogens with one attached hydrogen (secondary N) is 1. The van der Waals surface area contributed by atoms with Gasteiger partial charge in [-0.15, -0.1) is 0 Å². The van der Waals surface area contributed by atoms with Gasteiger partial charge in [0.25, 0.3) is 0 Å². The summed E-state index contributed by atoms with van der Waals surface area (Å²) in [5.74, 6) is -2.62. The Morgan fingerprint density at radius 3 is 2.42 bits per heavy atom. The van der Waals surface area contributed by atoms with Gasteiger partial charge in [0, 0.05) is 12.6 Å². The van der Waals surface area contributed by atoms with Crippen LogP contribution in [-0.2, 0) is 19.1 Å². The second kappa shape index (κ2) is 6.54. The van der Waals surface area contributed by atoms with Crippen LogP contribution in [0.1, 0.15) is 37.4 Å². The summed E-state index contributed by atoms with van der Waals surface area (Å²) in [5, 5.41) is 12.2. The molecule has 4 atom stereocenters. The predicted molar refractivity (Wildman–Crippen MR) is 91.4 cm³/mol. The molecular formula is C19H21N3O4. The molecule has 0 bridgehead atoms. The summed E-state index contributed by atoms with van der Waals surface area (Å²) in [7, 11) is 1.28. The van der Waals surface area contributed by atoms with Gasteiger partial charge in [-0.3, -0.25) is 24.6 Å². The number of nitriles is 1. The lowest BCUT2D eigenvalue weighted by Gasteiger charge is -2.31. The number of methoxy groups -OCH3 is 1. The topological polar surface area (TPSA) is 99.5 Å². The lowest BCUT2D eigenvalue weighted by Crippen LogP contribution is -2.55. The van der Waals surface area contributed by atoms with Gasteiger partial charge in [0.1, 0.15) is 5.54 Å². The molecule has 2 aliphatic heterocycles. The molecule has 1 aromatic rings. The van der Waals surface area contributed by atoms with Crippen molar-refractivity contribution in [1.82, 2.24) is 10.2 Å². The Morgan fingerprint density at radius 1 is 1.27 bits per heavy atom. The van der Waals surface area contributed by atoms with Crippen LogP contribution in [-0.4, -0.2) is 41.9 Å². The predicted octanol–water partition coefficient (Wildman–Crippen LogP) is 1.15. The molecule has 0 unspecified atom stereocenters. The fourth-order valence-corrected chi connectivity index (χ4v) is 4.26. The molecule has 0 spiro atoms. The Balaban J connectivity index is 2.12. The van der Waals surface area contributed by atoms with Gasteiger partial charge < -0.3 is 4.74 Å². The average Bonchev–Trinajstić information content (AvgIpc) is 3.15. The minimum absolute atomic E-state index is 0.270. The number of imide groups is 1. The van der Waals surface area contributed by atoms with E-state index in [-0.39, 0.29) is 18.4 Å². The first-order valence-corrected chi connectivity index (χ1v) is 8.66. The molecule has 0 aromatic heterocycles. The standard InChI is InChI=1S/C19H21N3O4/c1-4-19(18(25)26-3)14-13(16(23)22(5-2)17(14)24)15(21-19)12-8-6-11(10-20)7-9-12/h6-9,13-15,21H,4-5H2,1-3H3/t13-,14-,15-,19-/m0/s1. The van der Waals surface area contributed by atoms with Crippen molar-refractivity contribution in [1.29, 1.82) is 5.26 Å². The van der Waals surface area contributed by atoms with E-state index >= 15 is 0 Å². The van der Waals surface area contributed by atoms with Crippen LogP contribution < -0.4 is 5.32 Å². The van der Waals surface area contributed by atoms with E-state index in [2.05, 4.69) is 11.4 Å². The molecule has 1 N–H and O–H groups in total. The number of rotatable bonds is 4. The number of carbonyl (C=O) groups excluding carboxylic acids is 3. The summed E-state index contributed by atoms with van der Waals surface area (Å²) >= 11 is 0. The number of hydrogen-bond acceptors (Lipinski definition) is 6. The van der Waals surface area contributed by atoms with Crippen molar-refractivity contribution >= 4 is 17.8 Å². The van der Waals surface area contributed by atoms with Crippen molar-refractivity contribution in [3.63, 3.8) is 0 Å². The number of ether oxygens (including phenoxy) is 1. The van der Waals surface area contributed by atoms with E-state index in [1.807, 2.05) is 0 Å². The number of hydrogen-bond donors (Lipinski definition) is 1. The highest BCUT2D eigenvalue weighted by Crippen LogP contribution is 2.50. The van der Waals surface area contributed by atoms with Crippen molar-refractivity contribution in [2.75, 3.05) is 13.7 Å². The summed E-state index contributed by atoms with van der Waals surface area (Å²) in [5.41, 5.74) is 0.0219. The van der Waals surface area contributed by atoms with E-state index in [1.54, 1.807) is 38.1 Å². The summed E-state index contributed by atoms with van der Waals surface area (Å²) in [6.07, 6.45) is 0.324. The third-order valence-electron chi connectivity index (χ3n) is 5.57. The van der Waals surface area contributed by atoms with Crippen LogP contribution in [0.15, 0.2) is 24.3 Å². The van der Waals surface area contributed by atoms with Crippen molar-refractivity contribution in [3.05, 3.63) is 35.4 Å². The smallest absolute Gasteiger partial charge is 0.326 e. The molecule has 3 rings (SSSR count). The largest absolute Gasteiger partial charge is 0.468 e. The first-order chi connectivity index (χ1) is 12.4. The van der Waals surface area contributed by atoms with E-state index in [4.69, 9.17) is 10.00 Å². The van der Waals surface area contributed by atoms with Crippen molar-refractivity contribution < 1.29 is 19.1 Å². The van der Waals surface area contributed by atoms with Crippen LogP contribution in [0.5, 0.6) is 0 Å². The minimum atomic E-state index is -1.24. The second-order valence-corrected chi connectivity index (χ2v) is 6.60. The maximum Gasteiger partial charge on any atom is 0.326 e. The summed E-state index contributed by atoms with van der Waals surface area (Å²) in [4.78, 5) is 39.7. The average molecular weight is 355 g/mol. The van der Waals surface area contributed by atoms with E-state index < -0.39 is 29.4 Å². The minimum Gasteiger partial charge on any atom is -0.468 e. The van der Waals surface area contributed by atoms with Gasteiger partial charge in [0.15, 0.2) is 0 Å².